The average Bonchev–Trinajstić information content (AvgIpc) is 3.16. The van der Waals surface area contributed by atoms with Gasteiger partial charge in [-0.15, -0.1) is 0 Å². The fourth-order valence-electron chi connectivity index (χ4n) is 2.81. The largest absolute Gasteiger partial charge is 0.509 e. The van der Waals surface area contributed by atoms with Crippen LogP contribution in [0.5, 0.6) is 0 Å². The summed E-state index contributed by atoms with van der Waals surface area (Å²) in [5, 5.41) is 19.9. The molecule has 5 nitrogen and oxygen atoms in total. The average molecular weight is 282 g/mol. The molecule has 2 aromatic rings. The second-order valence-corrected chi connectivity index (χ2v) is 5.39. The van der Waals surface area contributed by atoms with Crippen LogP contribution in [0.1, 0.15) is 25.6 Å². The Kier molecular flexibility index (Phi) is 3.63. The van der Waals surface area contributed by atoms with E-state index in [1.54, 1.807) is 0 Å². The monoisotopic (exact) mass is 282 g/mol. The van der Waals surface area contributed by atoms with Crippen molar-refractivity contribution in [1.82, 2.24) is 14.9 Å². The van der Waals surface area contributed by atoms with Crippen LogP contribution in [0.25, 0.3) is 16.6 Å². The Morgan fingerprint density at radius 3 is 2.76 bits per heavy atom. The standard InChI is InChI=1S/C16H18N4O/c1-11(20-8-4-5-9-20)15(21)12(10-17)16-18-13-6-2-3-7-14(13)19-16/h2-3,6-7,11,21H,4-5,8-9H2,1H3,(H,18,19)/b15-12-/t11-/m1/s1. The van der Waals surface area contributed by atoms with Crippen molar-refractivity contribution in [2.24, 2.45) is 0 Å². The molecule has 0 radical (unpaired) electrons. The van der Waals surface area contributed by atoms with Crippen molar-refractivity contribution in [3.05, 3.63) is 35.8 Å². The van der Waals surface area contributed by atoms with E-state index in [2.05, 4.69) is 20.9 Å². The highest BCUT2D eigenvalue weighted by molar-refractivity contribution is 5.82. The van der Waals surface area contributed by atoms with E-state index in [1.807, 2.05) is 31.2 Å². The van der Waals surface area contributed by atoms with E-state index in [0.29, 0.717) is 5.82 Å². The molecule has 108 valence electrons. The van der Waals surface area contributed by atoms with Crippen molar-refractivity contribution in [3.63, 3.8) is 0 Å². The summed E-state index contributed by atoms with van der Waals surface area (Å²) in [6.45, 7) is 3.86. The lowest BCUT2D eigenvalue weighted by atomic mass is 10.1. The molecule has 0 spiro atoms. The summed E-state index contributed by atoms with van der Waals surface area (Å²) < 4.78 is 0. The van der Waals surface area contributed by atoms with Gasteiger partial charge in [-0.1, -0.05) is 12.1 Å². The van der Waals surface area contributed by atoms with Gasteiger partial charge in [0.25, 0.3) is 0 Å². The van der Waals surface area contributed by atoms with E-state index in [-0.39, 0.29) is 17.4 Å². The minimum atomic E-state index is -0.157. The number of hydrogen-bond acceptors (Lipinski definition) is 4. The van der Waals surface area contributed by atoms with Gasteiger partial charge in [-0.2, -0.15) is 5.26 Å². The van der Waals surface area contributed by atoms with Crippen molar-refractivity contribution in [1.29, 1.82) is 5.26 Å². The molecular weight excluding hydrogens is 264 g/mol. The number of benzene rings is 1. The van der Waals surface area contributed by atoms with Crippen molar-refractivity contribution in [3.8, 4) is 6.07 Å². The van der Waals surface area contributed by atoms with Gasteiger partial charge in [0.2, 0.25) is 0 Å². The van der Waals surface area contributed by atoms with Gasteiger partial charge in [0.1, 0.15) is 17.4 Å². The number of aliphatic hydroxyl groups is 1. The van der Waals surface area contributed by atoms with Gasteiger partial charge in [0.05, 0.1) is 17.1 Å². The second kappa shape index (κ2) is 5.58. The van der Waals surface area contributed by atoms with Crippen LogP contribution in [0.15, 0.2) is 30.0 Å². The maximum absolute atomic E-state index is 10.5. The predicted molar refractivity (Wildman–Crippen MR) is 81.5 cm³/mol. The number of aromatic nitrogens is 2. The zero-order chi connectivity index (χ0) is 14.8. The molecular formula is C16H18N4O. The lowest BCUT2D eigenvalue weighted by molar-refractivity contribution is 0.224. The molecule has 1 aromatic heterocycles. The summed E-state index contributed by atoms with van der Waals surface area (Å²) in [6, 6.07) is 9.53. The normalized spacial score (nSPS) is 18.5. The van der Waals surface area contributed by atoms with Crippen LogP contribution in [0.3, 0.4) is 0 Å². The number of nitrogens with zero attached hydrogens (tertiary/aromatic N) is 3. The molecule has 21 heavy (non-hydrogen) atoms. The Morgan fingerprint density at radius 2 is 2.10 bits per heavy atom. The number of aliphatic hydroxyl groups excluding tert-OH is 1. The number of fused-ring (bicyclic) bond motifs is 1. The van der Waals surface area contributed by atoms with E-state index < -0.39 is 0 Å². The number of rotatable bonds is 3. The molecule has 2 N–H and O–H groups in total. The fourth-order valence-corrected chi connectivity index (χ4v) is 2.81. The maximum atomic E-state index is 10.5. The molecule has 1 atom stereocenters. The van der Waals surface area contributed by atoms with Crippen LogP contribution < -0.4 is 0 Å². The number of para-hydroxylation sites is 2. The Bertz CT molecular complexity index is 686. The van der Waals surface area contributed by atoms with Crippen LogP contribution >= 0.6 is 0 Å². The molecule has 0 amide bonds. The summed E-state index contributed by atoms with van der Waals surface area (Å²) in [5.74, 6) is 0.528. The third-order valence-electron chi connectivity index (χ3n) is 4.08. The van der Waals surface area contributed by atoms with Gasteiger partial charge >= 0.3 is 0 Å². The molecule has 1 saturated heterocycles. The Balaban J connectivity index is 1.99. The van der Waals surface area contributed by atoms with Gasteiger partial charge in [-0.05, 0) is 45.0 Å². The first-order valence-electron chi connectivity index (χ1n) is 7.23. The number of aromatic amines is 1. The van der Waals surface area contributed by atoms with Crippen LogP contribution in [-0.4, -0.2) is 39.1 Å². The molecule has 0 bridgehead atoms. The van der Waals surface area contributed by atoms with Gasteiger partial charge in [-0.3, -0.25) is 4.90 Å². The summed E-state index contributed by atoms with van der Waals surface area (Å²) in [6.07, 6.45) is 2.29. The Morgan fingerprint density at radius 1 is 1.38 bits per heavy atom. The topological polar surface area (TPSA) is 75.9 Å². The Hall–Kier alpha value is -2.32. The molecule has 1 fully saturated rings. The third kappa shape index (κ3) is 2.50. The minimum Gasteiger partial charge on any atom is -0.509 e. The lowest BCUT2D eigenvalue weighted by Crippen LogP contribution is -2.32. The molecule has 5 heteroatoms. The molecule has 0 saturated carbocycles. The highest BCUT2D eigenvalue weighted by Gasteiger charge is 2.25. The van der Waals surface area contributed by atoms with Crippen molar-refractivity contribution < 1.29 is 5.11 Å². The van der Waals surface area contributed by atoms with Gasteiger partial charge in [0.15, 0.2) is 5.82 Å². The summed E-state index contributed by atoms with van der Waals surface area (Å²) in [7, 11) is 0. The first-order valence-corrected chi connectivity index (χ1v) is 7.23. The van der Waals surface area contributed by atoms with Crippen LogP contribution in [-0.2, 0) is 0 Å². The summed E-state index contributed by atoms with van der Waals surface area (Å²) >= 11 is 0. The highest BCUT2D eigenvalue weighted by Crippen LogP contribution is 2.23. The second-order valence-electron chi connectivity index (χ2n) is 5.39. The summed E-state index contributed by atoms with van der Waals surface area (Å²) in [4.78, 5) is 9.69. The van der Waals surface area contributed by atoms with Gasteiger partial charge in [0, 0.05) is 0 Å². The van der Waals surface area contributed by atoms with E-state index >= 15 is 0 Å². The molecule has 1 aromatic carbocycles. The predicted octanol–water partition coefficient (Wildman–Crippen LogP) is 2.84. The van der Waals surface area contributed by atoms with Gasteiger partial charge < -0.3 is 10.1 Å². The summed E-state index contributed by atoms with van der Waals surface area (Å²) in [5.41, 5.74) is 1.88. The van der Waals surface area contributed by atoms with Gasteiger partial charge in [-0.25, -0.2) is 4.98 Å². The lowest BCUT2D eigenvalue weighted by Gasteiger charge is -2.23. The number of hydrogen-bond donors (Lipinski definition) is 2. The van der Waals surface area contributed by atoms with Crippen molar-refractivity contribution >= 4 is 16.6 Å². The first kappa shape index (κ1) is 13.7. The molecule has 0 aliphatic carbocycles. The van der Waals surface area contributed by atoms with E-state index in [9.17, 15) is 10.4 Å². The van der Waals surface area contributed by atoms with E-state index in [4.69, 9.17) is 0 Å². The maximum Gasteiger partial charge on any atom is 0.152 e. The van der Waals surface area contributed by atoms with Crippen LogP contribution in [0.4, 0.5) is 0 Å². The fraction of sp³-hybridized carbons (Fsp3) is 0.375. The molecule has 1 aliphatic heterocycles. The molecule has 0 unspecified atom stereocenters. The molecule has 1 aliphatic rings. The minimum absolute atomic E-state index is 0.0958. The third-order valence-corrected chi connectivity index (χ3v) is 4.08. The van der Waals surface area contributed by atoms with Crippen LogP contribution in [0, 0.1) is 11.3 Å². The highest BCUT2D eigenvalue weighted by atomic mass is 16.3. The SMILES string of the molecule is C[C@H](/C(O)=C(\C#N)c1nc2ccccc2[nH]1)N1CCCC1. The number of nitriles is 1. The number of imidazole rings is 1. The van der Waals surface area contributed by atoms with Crippen LogP contribution in [0.2, 0.25) is 0 Å². The zero-order valence-corrected chi connectivity index (χ0v) is 12.0. The quantitative estimate of drug-likeness (QED) is 0.670. The van der Waals surface area contributed by atoms with E-state index in [1.165, 1.54) is 0 Å². The number of likely N-dealkylation sites (tertiary alicyclic amines) is 1. The smallest absolute Gasteiger partial charge is 0.152 e. The zero-order valence-electron chi connectivity index (χ0n) is 12.0. The number of nitrogens with one attached hydrogen (secondary N) is 1. The number of allylic oxidation sites excluding steroid dienone is 1. The van der Waals surface area contributed by atoms with E-state index in [0.717, 1.165) is 37.0 Å². The first-order chi connectivity index (χ1) is 10.2. The van der Waals surface area contributed by atoms with Crippen molar-refractivity contribution in [2.45, 2.75) is 25.8 Å². The Labute approximate surface area is 123 Å². The number of H-pyrrole nitrogens is 1. The van der Waals surface area contributed by atoms with Crippen molar-refractivity contribution in [2.75, 3.05) is 13.1 Å². The molecule has 3 rings (SSSR count). The molecule has 2 heterocycles.